The third-order valence-electron chi connectivity index (χ3n) is 11.8. The van der Waals surface area contributed by atoms with E-state index >= 15 is 0 Å². The Kier molecular flexibility index (Phi) is 12.8. The van der Waals surface area contributed by atoms with Gasteiger partial charge in [-0.15, -0.1) is 0 Å². The fourth-order valence-corrected chi connectivity index (χ4v) is 9.80. The van der Waals surface area contributed by atoms with Crippen molar-refractivity contribution in [1.82, 2.24) is 0 Å². The minimum absolute atomic E-state index is 0.348. The molecule has 0 N–H and O–H groups in total. The number of unbranched alkanes of at least 4 members (excludes halogenated alkanes) is 2. The molecule has 228 valence electrons. The maximum Gasteiger partial charge on any atom is 0.126 e. The van der Waals surface area contributed by atoms with Gasteiger partial charge in [-0.05, 0) is 105 Å². The summed E-state index contributed by atoms with van der Waals surface area (Å²) in [5.74, 6) is 4.90. The minimum Gasteiger partial charge on any atom is -0.496 e. The molecule has 1 nitrogen and oxygen atoms in total. The molecule has 1 aromatic rings. The largest absolute Gasteiger partial charge is 0.496 e. The maximum absolute atomic E-state index is 6.61. The molecule has 0 spiro atoms. The first-order valence-corrected chi connectivity index (χ1v) is 18.3. The van der Waals surface area contributed by atoms with Crippen LogP contribution in [0.2, 0.25) is 0 Å². The van der Waals surface area contributed by atoms with Crippen LogP contribution in [0.4, 0.5) is 0 Å². The van der Waals surface area contributed by atoms with Gasteiger partial charge in [0.25, 0.3) is 0 Å². The van der Waals surface area contributed by atoms with Crippen molar-refractivity contribution in [3.63, 3.8) is 0 Å². The number of benzene rings is 1. The van der Waals surface area contributed by atoms with Crippen LogP contribution >= 0.6 is 0 Å². The average Bonchev–Trinajstić information content (AvgIpc) is 2.99. The van der Waals surface area contributed by atoms with Crippen molar-refractivity contribution in [2.75, 3.05) is 7.11 Å². The van der Waals surface area contributed by atoms with Crippen LogP contribution in [0.3, 0.4) is 0 Å². The van der Waals surface area contributed by atoms with Gasteiger partial charge in [0, 0.05) is 11.0 Å². The highest BCUT2D eigenvalue weighted by molar-refractivity contribution is 5.56. The second kappa shape index (κ2) is 16.0. The molecule has 3 aliphatic carbocycles. The molecule has 0 radical (unpaired) electrons. The Balaban J connectivity index is 1.71. The van der Waals surface area contributed by atoms with E-state index in [1.165, 1.54) is 153 Å². The van der Waals surface area contributed by atoms with Crippen molar-refractivity contribution in [2.24, 2.45) is 17.8 Å². The highest BCUT2D eigenvalue weighted by Crippen LogP contribution is 2.56. The molecule has 1 aromatic carbocycles. The van der Waals surface area contributed by atoms with E-state index in [0.717, 1.165) is 23.7 Å². The van der Waals surface area contributed by atoms with Crippen LogP contribution in [0, 0.1) is 17.8 Å². The second-order valence-electron chi connectivity index (χ2n) is 14.4. The van der Waals surface area contributed by atoms with Crippen LogP contribution in [-0.4, -0.2) is 7.11 Å². The third kappa shape index (κ3) is 7.32. The maximum atomic E-state index is 6.61. The van der Waals surface area contributed by atoms with E-state index in [4.69, 9.17) is 4.74 Å². The number of ether oxygens (including phenoxy) is 1. The predicted molar refractivity (Wildman–Crippen MR) is 175 cm³/mol. The normalized spacial score (nSPS) is 27.0. The first kappa shape index (κ1) is 31.9. The number of hydrogen-bond donors (Lipinski definition) is 0. The monoisotopic (exact) mass is 551 g/mol. The number of methoxy groups -OCH3 is 1. The molecule has 3 fully saturated rings. The zero-order valence-corrected chi connectivity index (χ0v) is 27.6. The van der Waals surface area contributed by atoms with E-state index in [0.29, 0.717) is 5.41 Å². The molecular weight excluding hydrogens is 484 g/mol. The van der Waals surface area contributed by atoms with Gasteiger partial charge < -0.3 is 4.74 Å². The van der Waals surface area contributed by atoms with E-state index in [1.54, 1.807) is 22.3 Å². The minimum atomic E-state index is 0.348. The van der Waals surface area contributed by atoms with Gasteiger partial charge in [-0.3, -0.25) is 0 Å². The lowest BCUT2D eigenvalue weighted by Gasteiger charge is -2.48. The predicted octanol–water partition coefficient (Wildman–Crippen LogP) is 12.3. The zero-order valence-electron chi connectivity index (χ0n) is 27.6. The first-order chi connectivity index (χ1) is 19.6. The Hall–Kier alpha value is -0.980. The first-order valence-electron chi connectivity index (χ1n) is 18.3. The second-order valence-corrected chi connectivity index (χ2v) is 14.4. The summed E-state index contributed by atoms with van der Waals surface area (Å²) in [5.41, 5.74) is 7.14. The number of aryl methyl sites for hydroxylation is 1. The van der Waals surface area contributed by atoms with Crippen LogP contribution in [0.25, 0.3) is 0 Å². The zero-order chi connectivity index (χ0) is 28.4. The number of rotatable bonds is 14. The highest BCUT2D eigenvalue weighted by Gasteiger charge is 2.45. The average molecular weight is 551 g/mol. The fraction of sp³-hybridized carbons (Fsp3) is 0.846. The summed E-state index contributed by atoms with van der Waals surface area (Å²) < 4.78 is 6.61. The fourth-order valence-electron chi connectivity index (χ4n) is 9.80. The van der Waals surface area contributed by atoms with Crippen molar-refractivity contribution in [3.05, 3.63) is 28.3 Å². The van der Waals surface area contributed by atoms with Crippen LogP contribution in [0.15, 0.2) is 6.07 Å². The van der Waals surface area contributed by atoms with Gasteiger partial charge in [0.1, 0.15) is 5.75 Å². The molecular formula is C39H66O. The Bertz CT molecular complexity index is 861. The van der Waals surface area contributed by atoms with E-state index in [1.807, 2.05) is 7.11 Å². The van der Waals surface area contributed by atoms with Crippen molar-refractivity contribution in [1.29, 1.82) is 0 Å². The van der Waals surface area contributed by atoms with Gasteiger partial charge in [0.05, 0.1) is 7.11 Å². The molecule has 0 aliphatic heterocycles. The SMILES string of the molecule is CCCCCC1CCC(c2c(CCC)cc(C3(C4CCC(CCC)CC4)CCCCC3)c(OC)c2CCC)CC1. The van der Waals surface area contributed by atoms with Gasteiger partial charge in [0.15, 0.2) is 0 Å². The van der Waals surface area contributed by atoms with Gasteiger partial charge >= 0.3 is 0 Å². The van der Waals surface area contributed by atoms with Crippen LogP contribution < -0.4 is 4.74 Å². The topological polar surface area (TPSA) is 9.23 Å². The van der Waals surface area contributed by atoms with E-state index in [-0.39, 0.29) is 0 Å². The highest BCUT2D eigenvalue weighted by atomic mass is 16.5. The molecule has 0 bridgehead atoms. The summed E-state index contributed by atoms with van der Waals surface area (Å²) in [6.07, 6.45) is 32.0. The summed E-state index contributed by atoms with van der Waals surface area (Å²) in [5, 5.41) is 0. The quantitative estimate of drug-likeness (QED) is 0.209. The lowest BCUT2D eigenvalue weighted by Crippen LogP contribution is -2.40. The van der Waals surface area contributed by atoms with Gasteiger partial charge in [-0.1, -0.05) is 117 Å². The Morgan fingerprint density at radius 2 is 1.35 bits per heavy atom. The van der Waals surface area contributed by atoms with Gasteiger partial charge in [0.2, 0.25) is 0 Å². The molecule has 0 atom stereocenters. The molecule has 4 rings (SSSR count). The molecule has 0 aromatic heterocycles. The lowest BCUT2D eigenvalue weighted by atomic mass is 9.56. The molecule has 3 aliphatic rings. The molecule has 1 heteroatoms. The molecule has 0 unspecified atom stereocenters. The van der Waals surface area contributed by atoms with E-state index in [9.17, 15) is 0 Å². The summed E-state index contributed by atoms with van der Waals surface area (Å²) in [6, 6.07) is 2.77. The Morgan fingerprint density at radius 3 is 1.95 bits per heavy atom. The van der Waals surface area contributed by atoms with E-state index < -0.39 is 0 Å². The molecule has 0 amide bonds. The molecule has 0 heterocycles. The van der Waals surface area contributed by atoms with Crippen molar-refractivity contribution in [2.45, 2.75) is 187 Å². The lowest BCUT2D eigenvalue weighted by molar-refractivity contribution is 0.122. The molecule has 0 saturated heterocycles. The summed E-state index contributed by atoms with van der Waals surface area (Å²) in [4.78, 5) is 0. The van der Waals surface area contributed by atoms with Gasteiger partial charge in [-0.2, -0.15) is 0 Å². The summed E-state index contributed by atoms with van der Waals surface area (Å²) >= 11 is 0. The van der Waals surface area contributed by atoms with Crippen molar-refractivity contribution < 1.29 is 4.74 Å². The van der Waals surface area contributed by atoms with Crippen LogP contribution in [0.5, 0.6) is 5.75 Å². The Morgan fingerprint density at radius 1 is 0.700 bits per heavy atom. The van der Waals surface area contributed by atoms with Gasteiger partial charge in [-0.25, -0.2) is 0 Å². The van der Waals surface area contributed by atoms with E-state index in [2.05, 4.69) is 33.8 Å². The third-order valence-corrected chi connectivity index (χ3v) is 11.8. The summed E-state index contributed by atoms with van der Waals surface area (Å²) in [7, 11) is 2.01. The molecule has 3 saturated carbocycles. The Labute approximate surface area is 250 Å². The molecule has 40 heavy (non-hydrogen) atoms. The summed E-state index contributed by atoms with van der Waals surface area (Å²) in [6.45, 7) is 9.52. The standard InChI is InChI=1S/C39H66O/c1-6-10-12-18-31-19-23-32(24-20-31)37-33(16-8-3)29-36(38(40-5)35(37)17-9-4)39(27-13-11-14-28-39)34-25-21-30(15-7-2)22-26-34/h29-32,34H,6-28H2,1-5H3. The van der Waals surface area contributed by atoms with Crippen molar-refractivity contribution >= 4 is 0 Å². The smallest absolute Gasteiger partial charge is 0.126 e. The van der Waals surface area contributed by atoms with Crippen LogP contribution in [0.1, 0.15) is 191 Å². The van der Waals surface area contributed by atoms with Crippen LogP contribution in [-0.2, 0) is 18.3 Å². The number of hydrogen-bond acceptors (Lipinski definition) is 1. The van der Waals surface area contributed by atoms with Crippen molar-refractivity contribution in [3.8, 4) is 5.75 Å².